The summed E-state index contributed by atoms with van der Waals surface area (Å²) in [6.45, 7) is 3.86. The van der Waals surface area contributed by atoms with Gasteiger partial charge in [-0.15, -0.1) is 0 Å². The fraction of sp³-hybridized carbons (Fsp3) is 0.333. The molecule has 0 aliphatic rings. The standard InChI is InChI=1S/C12H13BrO3/c1-3-8-5-9(7-10(13)6-8)11(14)12(15)16-4-2/h5-7H,3-4H2,1-2H3. The number of carbonyl (C=O) groups is 2. The van der Waals surface area contributed by atoms with E-state index in [0.717, 1.165) is 16.5 Å². The molecular formula is C12H13BrO3. The molecule has 1 aromatic rings. The lowest BCUT2D eigenvalue weighted by atomic mass is 10.1. The van der Waals surface area contributed by atoms with E-state index in [1.54, 1.807) is 19.1 Å². The molecule has 0 heterocycles. The third-order valence-electron chi connectivity index (χ3n) is 2.09. The number of ketones is 1. The average Bonchev–Trinajstić information content (AvgIpc) is 2.27. The van der Waals surface area contributed by atoms with Gasteiger partial charge in [0.2, 0.25) is 0 Å². The summed E-state index contributed by atoms with van der Waals surface area (Å²) >= 11 is 3.31. The van der Waals surface area contributed by atoms with Crippen LogP contribution in [0.5, 0.6) is 0 Å². The maximum Gasteiger partial charge on any atom is 0.379 e. The summed E-state index contributed by atoms with van der Waals surface area (Å²) in [4.78, 5) is 22.9. The van der Waals surface area contributed by atoms with Crippen LogP contribution in [0.1, 0.15) is 29.8 Å². The molecule has 0 fully saturated rings. The van der Waals surface area contributed by atoms with Crippen molar-refractivity contribution in [3.63, 3.8) is 0 Å². The van der Waals surface area contributed by atoms with Gasteiger partial charge in [0.15, 0.2) is 0 Å². The van der Waals surface area contributed by atoms with Gasteiger partial charge in [-0.25, -0.2) is 4.79 Å². The van der Waals surface area contributed by atoms with E-state index in [2.05, 4.69) is 20.7 Å². The Morgan fingerprint density at radius 1 is 1.25 bits per heavy atom. The van der Waals surface area contributed by atoms with E-state index in [1.165, 1.54) is 0 Å². The molecule has 0 radical (unpaired) electrons. The summed E-state index contributed by atoms with van der Waals surface area (Å²) in [5.41, 5.74) is 1.37. The van der Waals surface area contributed by atoms with E-state index in [4.69, 9.17) is 0 Å². The SMILES string of the molecule is CCOC(=O)C(=O)c1cc(Br)cc(CC)c1. The molecule has 1 rings (SSSR count). The number of hydrogen-bond donors (Lipinski definition) is 0. The predicted molar refractivity (Wildman–Crippen MR) is 64.5 cm³/mol. The molecule has 0 unspecified atom stereocenters. The first-order valence-electron chi connectivity index (χ1n) is 5.09. The van der Waals surface area contributed by atoms with Gasteiger partial charge in [-0.05, 0) is 37.1 Å². The summed E-state index contributed by atoms with van der Waals surface area (Å²) in [5.74, 6) is -1.40. The van der Waals surface area contributed by atoms with Gasteiger partial charge in [0.1, 0.15) is 0 Å². The zero-order valence-corrected chi connectivity index (χ0v) is 10.8. The van der Waals surface area contributed by atoms with E-state index in [0.29, 0.717) is 5.56 Å². The highest BCUT2D eigenvalue weighted by Gasteiger charge is 2.18. The second kappa shape index (κ2) is 5.80. The van der Waals surface area contributed by atoms with Gasteiger partial charge in [-0.2, -0.15) is 0 Å². The lowest BCUT2D eigenvalue weighted by molar-refractivity contribution is -0.137. The number of rotatable bonds is 4. The molecule has 3 nitrogen and oxygen atoms in total. The minimum absolute atomic E-state index is 0.208. The van der Waals surface area contributed by atoms with Crippen LogP contribution in [0.2, 0.25) is 0 Å². The van der Waals surface area contributed by atoms with Gasteiger partial charge < -0.3 is 4.74 Å². The number of carbonyl (C=O) groups excluding carboxylic acids is 2. The van der Waals surface area contributed by atoms with Crippen LogP contribution in [0.25, 0.3) is 0 Å². The Balaban J connectivity index is 2.99. The van der Waals surface area contributed by atoms with Crippen molar-refractivity contribution in [1.82, 2.24) is 0 Å². The highest BCUT2D eigenvalue weighted by molar-refractivity contribution is 9.10. The second-order valence-electron chi connectivity index (χ2n) is 3.25. The quantitative estimate of drug-likeness (QED) is 0.485. The molecule has 0 aromatic heterocycles. The first-order valence-corrected chi connectivity index (χ1v) is 5.88. The van der Waals surface area contributed by atoms with Crippen LogP contribution in [0.15, 0.2) is 22.7 Å². The molecule has 16 heavy (non-hydrogen) atoms. The van der Waals surface area contributed by atoms with Crippen LogP contribution >= 0.6 is 15.9 Å². The molecule has 1 aromatic carbocycles. The molecule has 0 saturated heterocycles. The van der Waals surface area contributed by atoms with E-state index in [-0.39, 0.29) is 6.61 Å². The smallest absolute Gasteiger partial charge is 0.379 e. The first kappa shape index (κ1) is 12.9. The third kappa shape index (κ3) is 3.17. The number of esters is 1. The van der Waals surface area contributed by atoms with Crippen molar-refractivity contribution in [3.8, 4) is 0 Å². The molecule has 0 saturated carbocycles. The topological polar surface area (TPSA) is 43.4 Å². The zero-order valence-electron chi connectivity index (χ0n) is 9.25. The van der Waals surface area contributed by atoms with E-state index in [9.17, 15) is 9.59 Å². The number of aryl methyl sites for hydroxylation is 1. The summed E-state index contributed by atoms with van der Waals surface area (Å²) in [6, 6.07) is 5.25. The van der Waals surface area contributed by atoms with Crippen molar-refractivity contribution in [1.29, 1.82) is 0 Å². The summed E-state index contributed by atoms with van der Waals surface area (Å²) in [5, 5.41) is 0. The van der Waals surface area contributed by atoms with E-state index < -0.39 is 11.8 Å². The third-order valence-corrected chi connectivity index (χ3v) is 2.55. The van der Waals surface area contributed by atoms with Crippen molar-refractivity contribution in [2.75, 3.05) is 6.61 Å². The molecule has 0 spiro atoms. The molecule has 86 valence electrons. The molecule has 0 aliphatic carbocycles. The summed E-state index contributed by atoms with van der Waals surface area (Å²) in [7, 11) is 0. The van der Waals surface area contributed by atoms with Crippen molar-refractivity contribution in [2.45, 2.75) is 20.3 Å². The maximum atomic E-state index is 11.7. The maximum absolute atomic E-state index is 11.7. The van der Waals surface area contributed by atoms with Crippen LogP contribution in [-0.2, 0) is 16.0 Å². The van der Waals surface area contributed by atoms with Crippen molar-refractivity contribution in [2.24, 2.45) is 0 Å². The van der Waals surface area contributed by atoms with Gasteiger partial charge in [0.05, 0.1) is 6.61 Å². The fourth-order valence-electron chi connectivity index (χ4n) is 1.30. The van der Waals surface area contributed by atoms with Crippen LogP contribution in [-0.4, -0.2) is 18.4 Å². The highest BCUT2D eigenvalue weighted by Crippen LogP contribution is 2.17. The normalized spacial score (nSPS) is 9.94. The molecule has 0 atom stereocenters. The molecule has 0 aliphatic heterocycles. The zero-order chi connectivity index (χ0) is 12.1. The molecule has 0 bridgehead atoms. The highest BCUT2D eigenvalue weighted by atomic mass is 79.9. The Morgan fingerprint density at radius 3 is 2.50 bits per heavy atom. The van der Waals surface area contributed by atoms with Gasteiger partial charge in [-0.3, -0.25) is 4.79 Å². The Morgan fingerprint density at radius 2 is 1.94 bits per heavy atom. The van der Waals surface area contributed by atoms with Crippen LogP contribution in [0.4, 0.5) is 0 Å². The van der Waals surface area contributed by atoms with Crippen LogP contribution in [0.3, 0.4) is 0 Å². The number of halogens is 1. The summed E-state index contributed by atoms with van der Waals surface area (Å²) in [6.07, 6.45) is 0.808. The van der Waals surface area contributed by atoms with Gasteiger partial charge >= 0.3 is 5.97 Å². The minimum Gasteiger partial charge on any atom is -0.460 e. The summed E-state index contributed by atoms with van der Waals surface area (Å²) < 4.78 is 5.46. The number of Topliss-reactive ketones (excluding diaryl/α,β-unsaturated/α-hetero) is 1. The molecule has 4 heteroatoms. The largest absolute Gasteiger partial charge is 0.460 e. The lowest BCUT2D eigenvalue weighted by Crippen LogP contribution is -2.17. The average molecular weight is 285 g/mol. The molecule has 0 N–H and O–H groups in total. The molecule has 0 amide bonds. The Labute approximate surface area is 103 Å². The number of benzene rings is 1. The van der Waals surface area contributed by atoms with Gasteiger partial charge in [0.25, 0.3) is 5.78 Å². The van der Waals surface area contributed by atoms with Crippen molar-refractivity contribution >= 4 is 27.7 Å². The minimum atomic E-state index is -0.803. The second-order valence-corrected chi connectivity index (χ2v) is 4.17. The van der Waals surface area contributed by atoms with E-state index >= 15 is 0 Å². The predicted octanol–water partition coefficient (Wildman–Crippen LogP) is 2.76. The monoisotopic (exact) mass is 284 g/mol. The Bertz CT molecular complexity index is 413. The Kier molecular flexibility index (Phi) is 4.68. The van der Waals surface area contributed by atoms with Crippen molar-refractivity contribution in [3.05, 3.63) is 33.8 Å². The molecular weight excluding hydrogens is 272 g/mol. The number of hydrogen-bond acceptors (Lipinski definition) is 3. The number of ether oxygens (including phenoxy) is 1. The van der Waals surface area contributed by atoms with Crippen LogP contribution in [0, 0.1) is 0 Å². The lowest BCUT2D eigenvalue weighted by Gasteiger charge is -2.04. The first-order chi connectivity index (χ1) is 7.58. The van der Waals surface area contributed by atoms with Gasteiger partial charge in [-0.1, -0.05) is 22.9 Å². The van der Waals surface area contributed by atoms with E-state index in [1.807, 2.05) is 13.0 Å². The van der Waals surface area contributed by atoms with Crippen LogP contribution < -0.4 is 0 Å². The van der Waals surface area contributed by atoms with Gasteiger partial charge in [0, 0.05) is 10.0 Å². The Hall–Kier alpha value is -1.16. The van der Waals surface area contributed by atoms with Crippen molar-refractivity contribution < 1.29 is 14.3 Å². The fourth-order valence-corrected chi connectivity index (χ4v) is 1.84.